The van der Waals surface area contributed by atoms with Crippen molar-refractivity contribution in [2.75, 3.05) is 0 Å². The first-order valence-corrected chi connectivity index (χ1v) is 3.25. The summed E-state index contributed by atoms with van der Waals surface area (Å²) in [5.74, 6) is -4.11. The number of ketones is 1. The Morgan fingerprint density at radius 2 is 1.90 bits per heavy atom. The highest BCUT2D eigenvalue weighted by molar-refractivity contribution is 5.85. The molecule has 1 nitrogen and oxygen atoms in total. The molecule has 0 spiro atoms. The summed E-state index contributed by atoms with van der Waals surface area (Å²) >= 11 is 0. The second kappa shape index (κ2) is 3.08. The van der Waals surface area contributed by atoms with Crippen LogP contribution in [0.5, 0.6) is 0 Å². The largest absolute Gasteiger partial charge is 0.302 e. The van der Waals surface area contributed by atoms with Gasteiger partial charge in [0, 0.05) is 13.3 Å². The lowest BCUT2D eigenvalue weighted by molar-refractivity contribution is -0.141. The van der Waals surface area contributed by atoms with Crippen LogP contribution in [0, 0.1) is 5.92 Å². The van der Waals surface area contributed by atoms with E-state index in [0.29, 0.717) is 6.92 Å². The van der Waals surface area contributed by atoms with Crippen molar-refractivity contribution in [3.8, 4) is 0 Å². The van der Waals surface area contributed by atoms with Crippen molar-refractivity contribution in [2.45, 2.75) is 33.1 Å². The number of halogens is 2. The molecule has 0 heterocycles. The second-order valence-corrected chi connectivity index (χ2v) is 2.91. The lowest BCUT2D eigenvalue weighted by atomic mass is 10.0. The van der Waals surface area contributed by atoms with Crippen LogP contribution in [0.4, 0.5) is 8.78 Å². The van der Waals surface area contributed by atoms with Crippen molar-refractivity contribution >= 4 is 5.78 Å². The number of alkyl halides is 2. The Hall–Kier alpha value is -0.470. The lowest BCUT2D eigenvalue weighted by Gasteiger charge is -2.09. The van der Waals surface area contributed by atoms with Gasteiger partial charge >= 0.3 is 5.92 Å². The predicted molar refractivity (Wildman–Crippen MR) is 35.1 cm³/mol. The van der Waals surface area contributed by atoms with E-state index in [2.05, 4.69) is 0 Å². The molecule has 0 aromatic rings. The van der Waals surface area contributed by atoms with Crippen LogP contribution >= 0.6 is 0 Å². The normalized spacial score (nSPS) is 12.2. The Kier molecular flexibility index (Phi) is 2.94. The number of hydrogen-bond acceptors (Lipinski definition) is 1. The summed E-state index contributed by atoms with van der Waals surface area (Å²) in [6.07, 6.45) is -0.0382. The van der Waals surface area contributed by atoms with Gasteiger partial charge in [0.2, 0.25) is 5.78 Å². The van der Waals surface area contributed by atoms with Gasteiger partial charge in [-0.15, -0.1) is 0 Å². The number of carbonyl (C=O) groups is 1. The fourth-order valence-corrected chi connectivity index (χ4v) is 0.550. The van der Waals surface area contributed by atoms with Gasteiger partial charge in [-0.25, -0.2) is 0 Å². The van der Waals surface area contributed by atoms with Crippen molar-refractivity contribution in [3.63, 3.8) is 0 Å². The highest BCUT2D eigenvalue weighted by Crippen LogP contribution is 2.17. The summed E-state index contributed by atoms with van der Waals surface area (Å²) in [6, 6.07) is 0. The molecule has 0 unspecified atom stereocenters. The standard InChI is InChI=1S/C7H12F2O/c1-5(2)4-6(10)7(3,8)9/h5H,4H2,1-3H3. The molecule has 10 heavy (non-hydrogen) atoms. The highest BCUT2D eigenvalue weighted by Gasteiger charge is 2.31. The Labute approximate surface area is 59.4 Å². The minimum atomic E-state index is -3.15. The van der Waals surface area contributed by atoms with Gasteiger partial charge in [0.25, 0.3) is 0 Å². The summed E-state index contributed by atoms with van der Waals surface area (Å²) in [4.78, 5) is 10.5. The van der Waals surface area contributed by atoms with Crippen molar-refractivity contribution in [3.05, 3.63) is 0 Å². The molecule has 0 aromatic carbocycles. The van der Waals surface area contributed by atoms with E-state index in [1.54, 1.807) is 13.8 Å². The zero-order chi connectivity index (χ0) is 8.36. The maximum absolute atomic E-state index is 12.1. The molecule has 0 bridgehead atoms. The van der Waals surface area contributed by atoms with Crippen molar-refractivity contribution in [2.24, 2.45) is 5.92 Å². The topological polar surface area (TPSA) is 17.1 Å². The number of rotatable bonds is 3. The minimum Gasteiger partial charge on any atom is -0.293 e. The van der Waals surface area contributed by atoms with E-state index in [1.807, 2.05) is 0 Å². The summed E-state index contributed by atoms with van der Waals surface area (Å²) in [5.41, 5.74) is 0. The van der Waals surface area contributed by atoms with Gasteiger partial charge in [-0.05, 0) is 5.92 Å². The van der Waals surface area contributed by atoms with Crippen LogP contribution in [0.15, 0.2) is 0 Å². The second-order valence-electron chi connectivity index (χ2n) is 2.91. The van der Waals surface area contributed by atoms with Crippen LogP contribution in [0.3, 0.4) is 0 Å². The van der Waals surface area contributed by atoms with E-state index >= 15 is 0 Å². The van der Waals surface area contributed by atoms with Gasteiger partial charge in [-0.2, -0.15) is 8.78 Å². The van der Waals surface area contributed by atoms with Crippen LogP contribution in [0.2, 0.25) is 0 Å². The molecule has 0 rings (SSSR count). The number of Topliss-reactive ketones (excluding diaryl/α,β-unsaturated/α-hetero) is 1. The molecule has 0 fully saturated rings. The van der Waals surface area contributed by atoms with Gasteiger partial charge in [0.05, 0.1) is 0 Å². The maximum Gasteiger partial charge on any atom is 0.302 e. The monoisotopic (exact) mass is 150 g/mol. The quantitative estimate of drug-likeness (QED) is 0.603. The first kappa shape index (κ1) is 9.53. The van der Waals surface area contributed by atoms with Crippen LogP contribution in [0.25, 0.3) is 0 Å². The van der Waals surface area contributed by atoms with E-state index in [0.717, 1.165) is 0 Å². The van der Waals surface area contributed by atoms with Crippen LogP contribution < -0.4 is 0 Å². The van der Waals surface area contributed by atoms with E-state index in [-0.39, 0.29) is 12.3 Å². The first-order valence-electron chi connectivity index (χ1n) is 3.25. The zero-order valence-corrected chi connectivity index (χ0v) is 6.45. The highest BCUT2D eigenvalue weighted by atomic mass is 19.3. The summed E-state index contributed by atoms with van der Waals surface area (Å²) in [5, 5.41) is 0. The molecular weight excluding hydrogens is 138 g/mol. The summed E-state index contributed by atoms with van der Waals surface area (Å²) in [7, 11) is 0. The maximum atomic E-state index is 12.1. The zero-order valence-electron chi connectivity index (χ0n) is 6.45. The third-order valence-electron chi connectivity index (χ3n) is 1.08. The molecule has 0 aromatic heterocycles. The molecule has 0 aliphatic carbocycles. The van der Waals surface area contributed by atoms with Crippen molar-refractivity contribution < 1.29 is 13.6 Å². The number of carbonyl (C=O) groups excluding carboxylic acids is 1. The van der Waals surface area contributed by atoms with Crippen molar-refractivity contribution in [1.29, 1.82) is 0 Å². The van der Waals surface area contributed by atoms with E-state index in [1.165, 1.54) is 0 Å². The first-order chi connectivity index (χ1) is 4.34. The summed E-state index contributed by atoms with van der Waals surface area (Å²) < 4.78 is 24.3. The van der Waals surface area contributed by atoms with Gasteiger partial charge in [0.15, 0.2) is 0 Å². The average molecular weight is 150 g/mol. The minimum absolute atomic E-state index is 0.0123. The van der Waals surface area contributed by atoms with Gasteiger partial charge in [-0.3, -0.25) is 4.79 Å². The third kappa shape index (κ3) is 3.54. The molecule has 0 radical (unpaired) electrons. The Morgan fingerprint density at radius 3 is 2.00 bits per heavy atom. The molecule has 3 heteroatoms. The molecule has 0 N–H and O–H groups in total. The van der Waals surface area contributed by atoms with Crippen LogP contribution in [0.1, 0.15) is 27.2 Å². The fourth-order valence-electron chi connectivity index (χ4n) is 0.550. The molecule has 60 valence electrons. The van der Waals surface area contributed by atoms with Crippen LogP contribution in [-0.2, 0) is 4.79 Å². The molecule has 0 amide bonds. The summed E-state index contributed by atoms with van der Waals surface area (Å²) in [6.45, 7) is 4.12. The third-order valence-corrected chi connectivity index (χ3v) is 1.08. The van der Waals surface area contributed by atoms with Gasteiger partial charge < -0.3 is 0 Å². The number of hydrogen-bond donors (Lipinski definition) is 0. The molecule has 0 aliphatic rings. The van der Waals surface area contributed by atoms with Gasteiger partial charge in [-0.1, -0.05) is 13.8 Å². The van der Waals surface area contributed by atoms with E-state index < -0.39 is 11.7 Å². The predicted octanol–water partition coefficient (Wildman–Crippen LogP) is 2.26. The SMILES string of the molecule is CC(C)CC(=O)C(C)(F)F. The lowest BCUT2D eigenvalue weighted by Crippen LogP contribution is -2.25. The van der Waals surface area contributed by atoms with E-state index in [4.69, 9.17) is 0 Å². The molecule has 0 saturated carbocycles. The van der Waals surface area contributed by atoms with Crippen molar-refractivity contribution in [1.82, 2.24) is 0 Å². The Morgan fingerprint density at radius 1 is 1.50 bits per heavy atom. The fraction of sp³-hybridized carbons (Fsp3) is 0.857. The molecule has 0 saturated heterocycles. The molecule has 0 atom stereocenters. The molecular formula is C7H12F2O. The van der Waals surface area contributed by atoms with Crippen LogP contribution in [-0.4, -0.2) is 11.7 Å². The Balaban J connectivity index is 3.87. The van der Waals surface area contributed by atoms with Gasteiger partial charge in [0.1, 0.15) is 0 Å². The van der Waals surface area contributed by atoms with E-state index in [9.17, 15) is 13.6 Å². The Bertz CT molecular complexity index is 124. The molecule has 0 aliphatic heterocycles. The average Bonchev–Trinajstić information content (AvgIpc) is 1.60. The smallest absolute Gasteiger partial charge is 0.293 e.